The van der Waals surface area contributed by atoms with Crippen molar-refractivity contribution in [2.24, 2.45) is 0 Å². The topological polar surface area (TPSA) is 76.9 Å². The molecule has 0 saturated heterocycles. The van der Waals surface area contributed by atoms with Gasteiger partial charge in [0.2, 0.25) is 5.91 Å². The molecule has 0 atom stereocenters. The minimum atomic E-state index is -0.198. The number of rotatable bonds is 8. The monoisotopic (exact) mass is 476 g/mol. The first-order chi connectivity index (χ1) is 16.0. The summed E-state index contributed by atoms with van der Waals surface area (Å²) >= 11 is 7.37. The molecule has 4 aromatic rings. The summed E-state index contributed by atoms with van der Waals surface area (Å²) < 4.78 is 1.94. The lowest BCUT2D eigenvalue weighted by molar-refractivity contribution is -0.113. The molecule has 0 radical (unpaired) electrons. The van der Waals surface area contributed by atoms with Crippen molar-refractivity contribution < 1.29 is 9.59 Å². The van der Waals surface area contributed by atoms with E-state index in [0.717, 1.165) is 17.1 Å². The number of amides is 1. The number of Topliss-reactive ketones (excluding diaryl/α,β-unsaturated/α-hetero) is 1. The summed E-state index contributed by atoms with van der Waals surface area (Å²) in [6.45, 7) is 1.49. The number of thioether (sulfide) groups is 1. The average Bonchev–Trinajstić information content (AvgIpc) is 3.21. The summed E-state index contributed by atoms with van der Waals surface area (Å²) in [6.07, 6.45) is 0.598. The van der Waals surface area contributed by atoms with Crippen LogP contribution >= 0.6 is 23.4 Å². The molecule has 1 heterocycles. The van der Waals surface area contributed by atoms with E-state index >= 15 is 0 Å². The van der Waals surface area contributed by atoms with E-state index in [1.807, 2.05) is 59.2 Å². The predicted molar refractivity (Wildman–Crippen MR) is 131 cm³/mol. The fourth-order valence-corrected chi connectivity index (χ4v) is 4.18. The van der Waals surface area contributed by atoms with E-state index in [0.29, 0.717) is 27.9 Å². The highest BCUT2D eigenvalue weighted by atomic mass is 35.5. The van der Waals surface area contributed by atoms with E-state index in [-0.39, 0.29) is 17.4 Å². The van der Waals surface area contributed by atoms with E-state index in [9.17, 15) is 9.59 Å². The Bertz CT molecular complexity index is 1270. The Morgan fingerprint density at radius 3 is 2.45 bits per heavy atom. The molecule has 0 unspecified atom stereocenters. The van der Waals surface area contributed by atoms with E-state index < -0.39 is 0 Å². The summed E-state index contributed by atoms with van der Waals surface area (Å²) in [5, 5.41) is 12.8. The number of benzene rings is 3. The number of nitrogens with zero attached hydrogens (tertiary/aromatic N) is 3. The lowest BCUT2D eigenvalue weighted by Gasteiger charge is -2.11. The quantitative estimate of drug-likeness (QED) is 0.270. The van der Waals surface area contributed by atoms with Crippen LogP contribution in [0.4, 0.5) is 5.69 Å². The first-order valence-corrected chi connectivity index (χ1v) is 11.6. The van der Waals surface area contributed by atoms with Crippen molar-refractivity contribution in [3.05, 3.63) is 101 Å². The molecule has 6 nitrogen and oxygen atoms in total. The second-order valence-electron chi connectivity index (χ2n) is 7.35. The second-order valence-corrected chi connectivity index (χ2v) is 8.73. The number of ketones is 1. The summed E-state index contributed by atoms with van der Waals surface area (Å²) in [5.74, 6) is 0.653. The van der Waals surface area contributed by atoms with Gasteiger partial charge in [0.25, 0.3) is 0 Å². The highest BCUT2D eigenvalue weighted by molar-refractivity contribution is 7.99. The highest BCUT2D eigenvalue weighted by Gasteiger charge is 2.16. The summed E-state index contributed by atoms with van der Waals surface area (Å²) in [7, 11) is 0. The zero-order valence-corrected chi connectivity index (χ0v) is 19.4. The maximum absolute atomic E-state index is 12.6. The molecular formula is C25H21ClN4O2S. The molecule has 33 heavy (non-hydrogen) atoms. The van der Waals surface area contributed by atoms with Crippen LogP contribution in [0.5, 0.6) is 0 Å². The van der Waals surface area contributed by atoms with Gasteiger partial charge in [-0.2, -0.15) is 0 Å². The molecule has 1 amide bonds. The van der Waals surface area contributed by atoms with Crippen LogP contribution in [0.25, 0.3) is 5.69 Å². The third-order valence-electron chi connectivity index (χ3n) is 4.88. The van der Waals surface area contributed by atoms with E-state index in [1.54, 1.807) is 24.3 Å². The molecule has 0 aliphatic heterocycles. The van der Waals surface area contributed by atoms with Crippen molar-refractivity contribution in [3.8, 4) is 5.69 Å². The Morgan fingerprint density at radius 1 is 0.970 bits per heavy atom. The Balaban J connectivity index is 1.53. The van der Waals surface area contributed by atoms with Gasteiger partial charge in [0.15, 0.2) is 10.9 Å². The zero-order valence-electron chi connectivity index (χ0n) is 17.9. The van der Waals surface area contributed by atoms with Crippen molar-refractivity contribution in [1.82, 2.24) is 14.8 Å². The number of anilines is 1. The number of hydrogen-bond donors (Lipinski definition) is 1. The predicted octanol–water partition coefficient (Wildman–Crippen LogP) is 5.44. The van der Waals surface area contributed by atoms with Gasteiger partial charge >= 0.3 is 0 Å². The molecule has 8 heteroatoms. The zero-order chi connectivity index (χ0) is 23.2. The summed E-state index contributed by atoms with van der Waals surface area (Å²) in [6, 6.07) is 24.3. The van der Waals surface area contributed by atoms with Crippen molar-refractivity contribution in [3.63, 3.8) is 0 Å². The normalized spacial score (nSPS) is 10.7. The van der Waals surface area contributed by atoms with Crippen LogP contribution in [0.1, 0.15) is 28.7 Å². The van der Waals surface area contributed by atoms with Crippen molar-refractivity contribution in [2.75, 3.05) is 11.1 Å². The third-order valence-corrected chi connectivity index (χ3v) is 6.06. The Kier molecular flexibility index (Phi) is 7.22. The third kappa shape index (κ3) is 5.88. The number of nitrogens with one attached hydrogen (secondary N) is 1. The van der Waals surface area contributed by atoms with Gasteiger partial charge in [-0.25, -0.2) is 0 Å². The molecule has 166 valence electrons. The molecule has 3 aromatic carbocycles. The number of hydrogen-bond acceptors (Lipinski definition) is 5. The number of aromatic nitrogens is 3. The smallest absolute Gasteiger partial charge is 0.234 e. The Labute approximate surface area is 201 Å². The minimum Gasteiger partial charge on any atom is -0.325 e. The largest absolute Gasteiger partial charge is 0.325 e. The van der Waals surface area contributed by atoms with Crippen molar-refractivity contribution in [2.45, 2.75) is 18.5 Å². The fraction of sp³-hybridized carbons (Fsp3) is 0.120. The summed E-state index contributed by atoms with van der Waals surface area (Å²) in [5.41, 5.74) is 3.11. The maximum Gasteiger partial charge on any atom is 0.234 e. The molecule has 1 N–H and O–H groups in total. The lowest BCUT2D eigenvalue weighted by atomic mass is 10.1. The van der Waals surface area contributed by atoms with Crippen LogP contribution in [0.15, 0.2) is 84.0 Å². The van der Waals surface area contributed by atoms with Gasteiger partial charge in [-0.1, -0.05) is 65.8 Å². The van der Waals surface area contributed by atoms with Gasteiger partial charge in [0.05, 0.1) is 5.75 Å². The SMILES string of the molecule is CC(=O)c1cccc(NC(=O)CSc2nnc(Cc3ccccc3)n2-c2ccc(Cl)cc2)c1. The molecule has 0 bridgehead atoms. The van der Waals surface area contributed by atoms with Gasteiger partial charge in [0, 0.05) is 28.4 Å². The van der Waals surface area contributed by atoms with Gasteiger partial charge in [0.1, 0.15) is 5.82 Å². The van der Waals surface area contributed by atoms with Crippen LogP contribution in [-0.4, -0.2) is 32.2 Å². The second kappa shape index (κ2) is 10.5. The van der Waals surface area contributed by atoms with Crippen LogP contribution in [-0.2, 0) is 11.2 Å². The molecule has 0 fully saturated rings. The van der Waals surface area contributed by atoms with Gasteiger partial charge in [-0.15, -0.1) is 10.2 Å². The standard InChI is InChI=1S/C25H21ClN4O2S/c1-17(31)19-8-5-9-21(15-19)27-24(32)16-33-25-29-28-23(14-18-6-3-2-4-7-18)30(25)22-12-10-20(26)11-13-22/h2-13,15H,14,16H2,1H3,(H,27,32). The van der Waals surface area contributed by atoms with E-state index in [2.05, 4.69) is 15.5 Å². The average molecular weight is 477 g/mol. The Hall–Kier alpha value is -3.42. The molecule has 0 spiro atoms. The maximum atomic E-state index is 12.6. The van der Waals surface area contributed by atoms with Gasteiger partial charge in [-0.05, 0) is 48.9 Å². The van der Waals surface area contributed by atoms with Gasteiger partial charge in [-0.3, -0.25) is 14.2 Å². The summed E-state index contributed by atoms with van der Waals surface area (Å²) in [4.78, 5) is 24.1. The van der Waals surface area contributed by atoms with Crippen LogP contribution < -0.4 is 5.32 Å². The van der Waals surface area contributed by atoms with E-state index in [4.69, 9.17) is 11.6 Å². The minimum absolute atomic E-state index is 0.0533. The van der Waals surface area contributed by atoms with Crippen molar-refractivity contribution >= 4 is 40.7 Å². The molecule has 0 aliphatic rings. The van der Waals surface area contributed by atoms with Gasteiger partial charge < -0.3 is 5.32 Å². The molecular weight excluding hydrogens is 456 g/mol. The molecule has 4 rings (SSSR count). The number of halogens is 1. The first kappa shape index (κ1) is 22.8. The van der Waals surface area contributed by atoms with Crippen LogP contribution in [0.3, 0.4) is 0 Å². The van der Waals surface area contributed by atoms with E-state index in [1.165, 1.54) is 18.7 Å². The Morgan fingerprint density at radius 2 is 1.73 bits per heavy atom. The van der Waals surface area contributed by atoms with Crippen LogP contribution in [0.2, 0.25) is 5.02 Å². The molecule has 1 aromatic heterocycles. The number of carbonyl (C=O) groups excluding carboxylic acids is 2. The first-order valence-electron chi connectivity index (χ1n) is 10.3. The van der Waals surface area contributed by atoms with Crippen LogP contribution in [0, 0.1) is 0 Å². The number of carbonyl (C=O) groups is 2. The molecule has 0 aliphatic carbocycles. The molecule has 0 saturated carbocycles. The highest BCUT2D eigenvalue weighted by Crippen LogP contribution is 2.25. The fourth-order valence-electron chi connectivity index (χ4n) is 3.28. The lowest BCUT2D eigenvalue weighted by Crippen LogP contribution is -2.15. The van der Waals surface area contributed by atoms with Crippen molar-refractivity contribution in [1.29, 1.82) is 0 Å².